The lowest BCUT2D eigenvalue weighted by Gasteiger charge is -2.31. The van der Waals surface area contributed by atoms with Gasteiger partial charge in [0, 0.05) is 44.1 Å². The average molecular weight is 348 g/mol. The number of amides is 1. The maximum Gasteiger partial charge on any atom is 0.222 e. The quantitative estimate of drug-likeness (QED) is 0.727. The average Bonchev–Trinajstić information content (AvgIpc) is 3.04. The molecular formula is C21H24N4O. The molecule has 0 N–H and O–H groups in total. The van der Waals surface area contributed by atoms with Gasteiger partial charge in [0.15, 0.2) is 5.65 Å². The zero-order valence-corrected chi connectivity index (χ0v) is 15.1. The molecule has 0 spiro atoms. The summed E-state index contributed by atoms with van der Waals surface area (Å²) in [7, 11) is 1.95. The molecule has 1 amide bonds. The van der Waals surface area contributed by atoms with Gasteiger partial charge >= 0.3 is 0 Å². The Morgan fingerprint density at radius 2 is 1.88 bits per heavy atom. The molecule has 0 saturated carbocycles. The minimum atomic E-state index is 0.264. The van der Waals surface area contributed by atoms with Crippen LogP contribution in [0, 0.1) is 0 Å². The van der Waals surface area contributed by atoms with Crippen LogP contribution in [0.3, 0.4) is 0 Å². The Hall–Kier alpha value is -2.69. The van der Waals surface area contributed by atoms with E-state index in [0.29, 0.717) is 12.3 Å². The summed E-state index contributed by atoms with van der Waals surface area (Å²) in [5.41, 5.74) is 3.29. The van der Waals surface area contributed by atoms with Gasteiger partial charge in [-0.1, -0.05) is 30.3 Å². The second-order valence-corrected chi connectivity index (χ2v) is 7.02. The molecule has 0 bridgehead atoms. The molecule has 5 heteroatoms. The number of pyridine rings is 1. The highest BCUT2D eigenvalue weighted by molar-refractivity contribution is 5.79. The molecule has 2 aromatic heterocycles. The van der Waals surface area contributed by atoms with Gasteiger partial charge in [-0.05, 0) is 37.0 Å². The summed E-state index contributed by atoms with van der Waals surface area (Å²) in [6.45, 7) is 1.63. The van der Waals surface area contributed by atoms with Gasteiger partial charge in [-0.15, -0.1) is 0 Å². The third kappa shape index (κ3) is 3.34. The Bertz CT molecular complexity index is 895. The van der Waals surface area contributed by atoms with Gasteiger partial charge in [0.1, 0.15) is 0 Å². The number of likely N-dealkylation sites (tertiary alicyclic amines) is 1. The van der Waals surface area contributed by atoms with E-state index in [4.69, 9.17) is 5.10 Å². The summed E-state index contributed by atoms with van der Waals surface area (Å²) in [6, 6.07) is 14.3. The predicted octanol–water partition coefficient (Wildman–Crippen LogP) is 3.31. The summed E-state index contributed by atoms with van der Waals surface area (Å²) in [5, 5.41) is 5.85. The molecular weight excluding hydrogens is 324 g/mol. The summed E-state index contributed by atoms with van der Waals surface area (Å²) in [5.74, 6) is 0.668. The third-order valence-corrected chi connectivity index (χ3v) is 5.33. The normalized spacial score (nSPS) is 15.5. The number of carbonyl (C=O) groups is 1. The number of rotatable bonds is 4. The Labute approximate surface area is 153 Å². The Morgan fingerprint density at radius 3 is 2.65 bits per heavy atom. The number of nitrogens with zero attached hydrogens (tertiary/aromatic N) is 4. The van der Waals surface area contributed by atoms with Crippen molar-refractivity contribution in [3.8, 4) is 0 Å². The number of hydrogen-bond donors (Lipinski definition) is 0. The van der Waals surface area contributed by atoms with Crippen molar-refractivity contribution in [2.24, 2.45) is 7.05 Å². The predicted molar refractivity (Wildman–Crippen MR) is 102 cm³/mol. The Balaban J connectivity index is 1.37. The van der Waals surface area contributed by atoms with Crippen LogP contribution in [-0.2, 0) is 18.3 Å². The SMILES string of the molecule is Cn1nc(C2CCN(C(=O)CCc3ccccc3)CC2)c2cccnc21. The first kappa shape index (κ1) is 16.8. The van der Waals surface area contributed by atoms with E-state index in [1.165, 1.54) is 5.56 Å². The topological polar surface area (TPSA) is 51.0 Å². The summed E-state index contributed by atoms with van der Waals surface area (Å²) in [6.07, 6.45) is 5.15. The second-order valence-electron chi connectivity index (χ2n) is 7.02. The van der Waals surface area contributed by atoms with E-state index in [9.17, 15) is 4.79 Å². The highest BCUT2D eigenvalue weighted by Crippen LogP contribution is 2.31. The van der Waals surface area contributed by atoms with E-state index in [1.807, 2.05) is 47.1 Å². The van der Waals surface area contributed by atoms with Gasteiger partial charge in [-0.3, -0.25) is 9.48 Å². The van der Waals surface area contributed by atoms with Gasteiger partial charge < -0.3 is 4.90 Å². The third-order valence-electron chi connectivity index (χ3n) is 5.33. The van der Waals surface area contributed by atoms with Crippen molar-refractivity contribution in [3.05, 3.63) is 59.9 Å². The molecule has 1 aliphatic rings. The van der Waals surface area contributed by atoms with E-state index in [1.54, 1.807) is 0 Å². The van der Waals surface area contributed by atoms with Crippen molar-refractivity contribution in [3.63, 3.8) is 0 Å². The summed E-state index contributed by atoms with van der Waals surface area (Å²) < 4.78 is 1.86. The first-order chi connectivity index (χ1) is 12.7. The van der Waals surface area contributed by atoms with Crippen molar-refractivity contribution in [2.45, 2.75) is 31.6 Å². The highest BCUT2D eigenvalue weighted by atomic mass is 16.2. The molecule has 0 unspecified atom stereocenters. The minimum Gasteiger partial charge on any atom is -0.343 e. The molecule has 134 valence electrons. The molecule has 1 aliphatic heterocycles. The standard InChI is InChI=1S/C21H24N4O/c1-24-21-18(8-5-13-22-21)20(23-24)17-11-14-25(15-12-17)19(26)10-9-16-6-3-2-4-7-16/h2-8,13,17H,9-12,14-15H2,1H3. The molecule has 0 atom stereocenters. The number of carbonyl (C=O) groups excluding carboxylic acids is 1. The van der Waals surface area contributed by atoms with Gasteiger partial charge in [-0.25, -0.2) is 4.98 Å². The van der Waals surface area contributed by atoms with Crippen LogP contribution in [0.5, 0.6) is 0 Å². The fourth-order valence-corrected chi connectivity index (χ4v) is 3.88. The largest absolute Gasteiger partial charge is 0.343 e. The van der Waals surface area contributed by atoms with E-state index in [2.05, 4.69) is 23.2 Å². The number of piperidine rings is 1. The van der Waals surface area contributed by atoms with Crippen LogP contribution in [0.4, 0.5) is 0 Å². The number of benzene rings is 1. The Morgan fingerprint density at radius 1 is 1.12 bits per heavy atom. The molecule has 4 rings (SSSR count). The number of hydrogen-bond acceptors (Lipinski definition) is 3. The minimum absolute atomic E-state index is 0.264. The van der Waals surface area contributed by atoms with Gasteiger partial charge in [-0.2, -0.15) is 5.10 Å². The number of aryl methyl sites for hydroxylation is 2. The van der Waals surface area contributed by atoms with E-state index in [0.717, 1.165) is 49.1 Å². The number of fused-ring (bicyclic) bond motifs is 1. The van der Waals surface area contributed by atoms with Crippen molar-refractivity contribution in [1.29, 1.82) is 0 Å². The summed E-state index contributed by atoms with van der Waals surface area (Å²) >= 11 is 0. The van der Waals surface area contributed by atoms with Gasteiger partial charge in [0.05, 0.1) is 5.69 Å². The van der Waals surface area contributed by atoms with Crippen LogP contribution in [0.1, 0.15) is 36.4 Å². The van der Waals surface area contributed by atoms with Crippen LogP contribution in [0.25, 0.3) is 11.0 Å². The molecule has 3 heterocycles. The lowest BCUT2D eigenvalue weighted by molar-refractivity contribution is -0.132. The van der Waals surface area contributed by atoms with Crippen LogP contribution < -0.4 is 0 Å². The van der Waals surface area contributed by atoms with Gasteiger partial charge in [0.25, 0.3) is 0 Å². The molecule has 5 nitrogen and oxygen atoms in total. The molecule has 1 saturated heterocycles. The molecule has 3 aromatic rings. The van der Waals surface area contributed by atoms with Crippen LogP contribution in [-0.4, -0.2) is 38.7 Å². The smallest absolute Gasteiger partial charge is 0.222 e. The fraction of sp³-hybridized carbons (Fsp3) is 0.381. The lowest BCUT2D eigenvalue weighted by atomic mass is 9.92. The highest BCUT2D eigenvalue weighted by Gasteiger charge is 2.27. The van der Waals surface area contributed by atoms with Crippen molar-refractivity contribution in [2.75, 3.05) is 13.1 Å². The summed E-state index contributed by atoms with van der Waals surface area (Å²) in [4.78, 5) is 19.0. The molecule has 1 aromatic carbocycles. The van der Waals surface area contributed by atoms with Crippen molar-refractivity contribution >= 4 is 16.9 Å². The van der Waals surface area contributed by atoms with E-state index < -0.39 is 0 Å². The Kier molecular flexibility index (Phi) is 4.69. The fourth-order valence-electron chi connectivity index (χ4n) is 3.88. The van der Waals surface area contributed by atoms with Crippen LogP contribution in [0.15, 0.2) is 48.7 Å². The van der Waals surface area contributed by atoms with Gasteiger partial charge in [0.2, 0.25) is 5.91 Å². The lowest BCUT2D eigenvalue weighted by Crippen LogP contribution is -2.38. The maximum absolute atomic E-state index is 12.5. The second kappa shape index (κ2) is 7.28. The molecule has 1 fully saturated rings. The first-order valence-corrected chi connectivity index (χ1v) is 9.31. The van der Waals surface area contributed by atoms with E-state index >= 15 is 0 Å². The van der Waals surface area contributed by atoms with Crippen LogP contribution >= 0.6 is 0 Å². The van der Waals surface area contributed by atoms with E-state index in [-0.39, 0.29) is 5.91 Å². The molecule has 26 heavy (non-hydrogen) atoms. The number of aromatic nitrogens is 3. The molecule has 0 radical (unpaired) electrons. The molecule has 0 aliphatic carbocycles. The maximum atomic E-state index is 12.5. The monoisotopic (exact) mass is 348 g/mol. The van der Waals surface area contributed by atoms with Crippen LogP contribution in [0.2, 0.25) is 0 Å². The van der Waals surface area contributed by atoms with Crippen molar-refractivity contribution < 1.29 is 4.79 Å². The van der Waals surface area contributed by atoms with Crippen molar-refractivity contribution in [1.82, 2.24) is 19.7 Å². The first-order valence-electron chi connectivity index (χ1n) is 9.31. The zero-order valence-electron chi connectivity index (χ0n) is 15.1. The zero-order chi connectivity index (χ0) is 17.9.